The number of nitrogens with one attached hydrogen (secondary N) is 1. The van der Waals surface area contributed by atoms with Crippen LogP contribution in [0.15, 0.2) is 33.2 Å². The van der Waals surface area contributed by atoms with Gasteiger partial charge in [0.1, 0.15) is 39.6 Å². The van der Waals surface area contributed by atoms with Crippen LogP contribution in [0.25, 0.3) is 0 Å². The Hall–Kier alpha value is -3.21. The van der Waals surface area contributed by atoms with Crippen LogP contribution in [0.1, 0.15) is 41.0 Å². The Labute approximate surface area is 273 Å². The molecule has 18 heteroatoms. The third-order valence-electron chi connectivity index (χ3n) is 5.04. The molecule has 0 fully saturated rings. The van der Waals surface area contributed by atoms with Crippen molar-refractivity contribution in [1.82, 2.24) is 0 Å². The molecule has 1 atom stereocenters. The van der Waals surface area contributed by atoms with Gasteiger partial charge in [0.15, 0.2) is 0 Å². The summed E-state index contributed by atoms with van der Waals surface area (Å²) in [5, 5.41) is 34.2. The number of rotatable bonds is 10. The van der Waals surface area contributed by atoms with Gasteiger partial charge in [0.2, 0.25) is 0 Å². The second-order valence-electron chi connectivity index (χ2n) is 9.27. The Kier molecular flexibility index (Phi) is 14.6. The molecule has 0 aromatic heterocycles. The summed E-state index contributed by atoms with van der Waals surface area (Å²) in [6.45, 7) is 8.13. The normalized spacial score (nSPS) is 11.4. The van der Waals surface area contributed by atoms with Crippen molar-refractivity contribution < 1.29 is 38.8 Å². The number of aliphatic carboxylic acids is 1. The van der Waals surface area contributed by atoms with Gasteiger partial charge in [0.05, 0.1) is 16.5 Å². The zero-order valence-electron chi connectivity index (χ0n) is 23.5. The molecule has 0 saturated carbocycles. The molecule has 0 spiro atoms. The van der Waals surface area contributed by atoms with Crippen LogP contribution in [-0.4, -0.2) is 57.8 Å². The highest BCUT2D eigenvalue weighted by Crippen LogP contribution is 2.41. The maximum absolute atomic E-state index is 12.6. The van der Waals surface area contributed by atoms with E-state index in [9.17, 15) is 39.7 Å². The number of amides is 1. The molecule has 43 heavy (non-hydrogen) atoms. The van der Waals surface area contributed by atoms with Gasteiger partial charge in [0, 0.05) is 8.95 Å². The molecule has 1 unspecified atom stereocenters. The van der Waals surface area contributed by atoms with Crippen molar-refractivity contribution in [2.75, 3.05) is 23.4 Å². The number of nitrogens with zero attached hydrogens (tertiary/aromatic N) is 3. The largest absolute Gasteiger partial charge is 0.480 e. The highest BCUT2D eigenvalue weighted by Gasteiger charge is 2.38. The van der Waals surface area contributed by atoms with Crippen LogP contribution >= 0.6 is 55.1 Å². The van der Waals surface area contributed by atoms with Crippen molar-refractivity contribution in [3.63, 3.8) is 0 Å². The summed E-state index contributed by atoms with van der Waals surface area (Å²) in [7, 11) is 0. The molecular weight excluding hydrogens is 747 g/mol. The summed E-state index contributed by atoms with van der Waals surface area (Å²) < 4.78 is 10.6. The molecule has 2 aromatic carbocycles. The minimum absolute atomic E-state index is 0.0133. The number of carbonyl (C=O) groups is 3. The van der Waals surface area contributed by atoms with E-state index in [0.717, 1.165) is 4.90 Å². The van der Waals surface area contributed by atoms with Crippen LogP contribution < -0.4 is 10.2 Å². The van der Waals surface area contributed by atoms with E-state index in [1.165, 1.54) is 18.2 Å². The average molecular weight is 775 g/mol. The number of halogens is 4. The quantitative estimate of drug-likeness (QED) is 0.137. The van der Waals surface area contributed by atoms with Crippen molar-refractivity contribution in [2.24, 2.45) is 0 Å². The van der Waals surface area contributed by atoms with Gasteiger partial charge in [-0.3, -0.25) is 29.9 Å². The van der Waals surface area contributed by atoms with Crippen LogP contribution in [0, 0.1) is 20.2 Å². The smallest absolute Gasteiger partial charge is 0.415 e. The minimum Gasteiger partial charge on any atom is -0.480 e. The van der Waals surface area contributed by atoms with E-state index in [0.29, 0.717) is 4.47 Å². The highest BCUT2D eigenvalue weighted by molar-refractivity contribution is 9.10. The molecule has 236 valence electrons. The maximum atomic E-state index is 12.6. The fraction of sp³-hybridized carbons (Fsp3) is 0.400. The van der Waals surface area contributed by atoms with E-state index < -0.39 is 45.2 Å². The zero-order chi connectivity index (χ0) is 33.2. The van der Waals surface area contributed by atoms with E-state index in [-0.39, 0.29) is 51.2 Å². The molecule has 14 nitrogen and oxygen atoms in total. The highest BCUT2D eigenvalue weighted by atomic mass is 79.9. The van der Waals surface area contributed by atoms with Gasteiger partial charge < -0.3 is 19.9 Å². The Morgan fingerprint density at radius 2 is 1.51 bits per heavy atom. The van der Waals surface area contributed by atoms with Gasteiger partial charge in [-0.15, -0.1) is 0 Å². The van der Waals surface area contributed by atoms with Crippen molar-refractivity contribution in [2.45, 2.75) is 52.7 Å². The van der Waals surface area contributed by atoms with Crippen LogP contribution in [0.3, 0.4) is 0 Å². The lowest BCUT2D eigenvalue weighted by molar-refractivity contribution is -0.384. The predicted octanol–water partition coefficient (Wildman–Crippen LogP) is 7.60. The second kappa shape index (κ2) is 16.6. The van der Waals surface area contributed by atoms with Crippen LogP contribution in [0.5, 0.6) is 0 Å². The van der Waals surface area contributed by atoms with Crippen molar-refractivity contribution in [3.8, 4) is 0 Å². The molecule has 2 aromatic rings. The third-order valence-corrected chi connectivity index (χ3v) is 7.59. The van der Waals surface area contributed by atoms with Crippen LogP contribution in [0.4, 0.5) is 27.5 Å². The third kappa shape index (κ3) is 10.8. The number of anilines is 2. The minimum atomic E-state index is -1.36. The molecule has 0 saturated heterocycles. The van der Waals surface area contributed by atoms with Gasteiger partial charge in [-0.1, -0.05) is 30.1 Å². The van der Waals surface area contributed by atoms with Gasteiger partial charge in [-0.2, -0.15) is 0 Å². The molecule has 2 rings (SSSR count). The first-order valence-electron chi connectivity index (χ1n) is 12.3. The Morgan fingerprint density at radius 1 is 1.00 bits per heavy atom. The lowest BCUT2D eigenvalue weighted by Crippen LogP contribution is -2.47. The fourth-order valence-electron chi connectivity index (χ4n) is 3.31. The fourth-order valence-corrected chi connectivity index (χ4v) is 4.41. The van der Waals surface area contributed by atoms with Crippen molar-refractivity contribution >= 4 is 95.8 Å². The van der Waals surface area contributed by atoms with Crippen molar-refractivity contribution in [1.29, 1.82) is 0 Å². The van der Waals surface area contributed by atoms with Gasteiger partial charge in [0.25, 0.3) is 0 Å². The SMILES string of the molecule is CCC(C(=O)O)N(C(=O)OC(C)(C)C)c1ccc(Br)c(Cl)c1[N+](=O)[O-].CCOC(=O)CNc1ccc(Br)c(Cl)c1[N+](=O)[O-]. The van der Waals surface area contributed by atoms with Crippen LogP contribution in [0.2, 0.25) is 10.0 Å². The number of hydrogen-bond acceptors (Lipinski definition) is 10. The number of ether oxygens (including phenoxy) is 2. The molecule has 0 radical (unpaired) electrons. The van der Waals surface area contributed by atoms with Gasteiger partial charge in [-0.05, 0) is 90.2 Å². The Morgan fingerprint density at radius 3 is 1.95 bits per heavy atom. The Bertz CT molecular complexity index is 1390. The Balaban J connectivity index is 0.000000453. The first-order chi connectivity index (χ1) is 19.9. The summed E-state index contributed by atoms with van der Waals surface area (Å²) in [5.41, 5.74) is -1.86. The van der Waals surface area contributed by atoms with E-state index in [1.807, 2.05) is 0 Å². The molecule has 1 amide bonds. The standard InChI is InChI=1S/C15H18BrClN2O6.C10H10BrClN2O4/c1-5-9(13(20)21)18(14(22)25-15(2,3)4)10-7-6-8(16)11(17)12(10)19(23)24;1-2-18-8(15)5-13-7-4-3-6(11)9(12)10(7)14(16)17/h6-7,9H,5H2,1-4H3,(H,20,21);3-4,13H,2,5H2,1H3. The average Bonchev–Trinajstić information content (AvgIpc) is 2.88. The van der Waals surface area contributed by atoms with Gasteiger partial charge in [-0.25, -0.2) is 9.59 Å². The number of carboxylic acid groups (broad SMARTS) is 1. The number of benzene rings is 2. The maximum Gasteiger partial charge on any atom is 0.415 e. The number of nitro groups is 2. The number of esters is 1. The topological polar surface area (TPSA) is 191 Å². The first kappa shape index (κ1) is 37.8. The molecule has 0 bridgehead atoms. The summed E-state index contributed by atoms with van der Waals surface area (Å²) in [6.07, 6.45) is -0.998. The van der Waals surface area contributed by atoms with Gasteiger partial charge >= 0.3 is 29.4 Å². The molecule has 0 aliphatic rings. The summed E-state index contributed by atoms with van der Waals surface area (Å²) in [6, 6.07) is 4.32. The predicted molar refractivity (Wildman–Crippen MR) is 167 cm³/mol. The molecular formula is C25H28Br2Cl2N4O10. The van der Waals surface area contributed by atoms with E-state index in [1.54, 1.807) is 40.7 Å². The lowest BCUT2D eigenvalue weighted by Gasteiger charge is -2.30. The number of carbonyl (C=O) groups excluding carboxylic acids is 2. The van der Waals surface area contributed by atoms with E-state index >= 15 is 0 Å². The van der Waals surface area contributed by atoms with Crippen LogP contribution in [-0.2, 0) is 19.1 Å². The molecule has 0 aliphatic heterocycles. The lowest BCUT2D eigenvalue weighted by atomic mass is 10.1. The van der Waals surface area contributed by atoms with E-state index in [4.69, 9.17) is 32.7 Å². The summed E-state index contributed by atoms with van der Waals surface area (Å²) in [4.78, 5) is 57.1. The molecule has 0 aliphatic carbocycles. The second-order valence-corrected chi connectivity index (χ2v) is 11.7. The van der Waals surface area contributed by atoms with Crippen molar-refractivity contribution in [3.05, 3.63) is 63.5 Å². The monoisotopic (exact) mass is 772 g/mol. The first-order valence-corrected chi connectivity index (χ1v) is 14.6. The molecule has 0 heterocycles. The zero-order valence-corrected chi connectivity index (χ0v) is 28.2. The molecule has 2 N–H and O–H groups in total. The summed E-state index contributed by atoms with van der Waals surface area (Å²) >= 11 is 18.0. The van der Waals surface area contributed by atoms with E-state index in [2.05, 4.69) is 37.2 Å². The summed E-state index contributed by atoms with van der Waals surface area (Å²) in [5.74, 6) is -1.81. The number of hydrogen-bond donors (Lipinski definition) is 2. The number of carboxylic acids is 1. The number of nitro benzene ring substituents is 2.